The number of amides is 1. The van der Waals surface area contributed by atoms with Crippen molar-refractivity contribution in [1.82, 2.24) is 25.4 Å². The van der Waals surface area contributed by atoms with E-state index in [1.807, 2.05) is 0 Å². The number of aryl methyl sites for hydroxylation is 1. The number of hydrogen-bond donors (Lipinski definition) is 2. The van der Waals surface area contributed by atoms with Crippen molar-refractivity contribution in [1.29, 1.82) is 0 Å². The number of pyridine rings is 1. The molecule has 22 heavy (non-hydrogen) atoms. The van der Waals surface area contributed by atoms with Crippen LogP contribution in [0, 0.1) is 6.92 Å². The summed E-state index contributed by atoms with van der Waals surface area (Å²) >= 11 is 0. The van der Waals surface area contributed by atoms with Gasteiger partial charge in [-0.3, -0.25) is 4.79 Å². The Kier molecular flexibility index (Phi) is 2.62. The number of nitrogens with zero attached hydrogens (tertiary/aromatic N) is 4. The van der Waals surface area contributed by atoms with E-state index in [4.69, 9.17) is 4.42 Å². The molecule has 0 aliphatic heterocycles. The number of anilines is 1. The minimum absolute atomic E-state index is 0.281. The zero-order chi connectivity index (χ0) is 15.1. The molecule has 0 atom stereocenters. The molecule has 8 heteroatoms. The van der Waals surface area contributed by atoms with E-state index in [1.54, 1.807) is 31.2 Å². The first-order valence-electron chi connectivity index (χ1n) is 6.54. The van der Waals surface area contributed by atoms with Crippen LogP contribution in [0.5, 0.6) is 0 Å². The van der Waals surface area contributed by atoms with Crippen LogP contribution in [0.4, 0.5) is 5.69 Å². The number of aromatic amines is 1. The van der Waals surface area contributed by atoms with Crippen LogP contribution in [0.15, 0.2) is 34.9 Å². The van der Waals surface area contributed by atoms with Gasteiger partial charge in [0, 0.05) is 18.8 Å². The van der Waals surface area contributed by atoms with Crippen molar-refractivity contribution >= 4 is 33.9 Å². The van der Waals surface area contributed by atoms with Gasteiger partial charge in [0.2, 0.25) is 5.65 Å². The number of fused-ring (bicyclic) bond motifs is 2. The van der Waals surface area contributed by atoms with Crippen molar-refractivity contribution in [2.45, 2.75) is 6.92 Å². The Morgan fingerprint density at radius 1 is 1.23 bits per heavy atom. The third kappa shape index (κ3) is 2.06. The highest BCUT2D eigenvalue weighted by atomic mass is 16.3. The smallest absolute Gasteiger partial charge is 0.257 e. The minimum Gasteiger partial charge on any atom is -0.441 e. The molecule has 0 fully saturated rings. The summed E-state index contributed by atoms with van der Waals surface area (Å²) in [5.74, 6) is 0.302. The molecule has 0 saturated carbocycles. The van der Waals surface area contributed by atoms with Gasteiger partial charge in [0.1, 0.15) is 11.0 Å². The highest BCUT2D eigenvalue weighted by molar-refractivity contribution is 6.05. The monoisotopic (exact) mass is 294 g/mol. The fraction of sp³-hybridized carbons (Fsp3) is 0.0714. The van der Waals surface area contributed by atoms with Crippen molar-refractivity contribution in [3.8, 4) is 0 Å². The van der Waals surface area contributed by atoms with Crippen LogP contribution in [-0.2, 0) is 0 Å². The summed E-state index contributed by atoms with van der Waals surface area (Å²) in [5.41, 5.74) is 3.41. The Balaban J connectivity index is 1.64. The van der Waals surface area contributed by atoms with Crippen LogP contribution in [0.25, 0.3) is 22.3 Å². The molecule has 8 nitrogen and oxygen atoms in total. The summed E-state index contributed by atoms with van der Waals surface area (Å²) in [6.45, 7) is 1.77. The largest absolute Gasteiger partial charge is 0.441 e. The molecule has 3 heterocycles. The van der Waals surface area contributed by atoms with E-state index in [9.17, 15) is 4.79 Å². The standard InChI is InChI=1S/C14H10N6O2/c1-7-16-10-5-9(2-3-12(10)22-7)17-14(21)8-4-11-13(15-6-8)19-20-18-11/h2-6H,1H3,(H,17,21)(H,15,18,19,20). The van der Waals surface area contributed by atoms with Gasteiger partial charge in [0.05, 0.1) is 5.56 Å². The number of hydrogen-bond acceptors (Lipinski definition) is 6. The van der Waals surface area contributed by atoms with Gasteiger partial charge in [-0.2, -0.15) is 10.3 Å². The van der Waals surface area contributed by atoms with E-state index in [0.717, 1.165) is 0 Å². The van der Waals surface area contributed by atoms with Crippen LogP contribution >= 0.6 is 0 Å². The number of rotatable bonds is 2. The lowest BCUT2D eigenvalue weighted by Gasteiger charge is -2.04. The Hall–Kier alpha value is -3.29. The number of benzene rings is 1. The number of H-pyrrole nitrogens is 1. The molecule has 4 rings (SSSR count). The molecule has 0 bridgehead atoms. The predicted molar refractivity (Wildman–Crippen MR) is 78.4 cm³/mol. The molecule has 0 saturated heterocycles. The van der Waals surface area contributed by atoms with Gasteiger partial charge in [0.15, 0.2) is 11.5 Å². The van der Waals surface area contributed by atoms with E-state index in [1.165, 1.54) is 6.20 Å². The molecule has 0 unspecified atom stereocenters. The number of aromatic nitrogens is 5. The van der Waals surface area contributed by atoms with Gasteiger partial charge in [-0.05, 0) is 24.3 Å². The van der Waals surface area contributed by atoms with Crippen molar-refractivity contribution in [3.05, 3.63) is 41.9 Å². The maximum absolute atomic E-state index is 12.3. The lowest BCUT2D eigenvalue weighted by Crippen LogP contribution is -2.12. The SMILES string of the molecule is Cc1nc2cc(NC(=O)c3cnc4n[nH]nc4c3)ccc2o1. The van der Waals surface area contributed by atoms with Gasteiger partial charge in [-0.1, -0.05) is 0 Å². The van der Waals surface area contributed by atoms with E-state index in [0.29, 0.717) is 39.4 Å². The predicted octanol–water partition coefficient (Wildman–Crippen LogP) is 2.05. The van der Waals surface area contributed by atoms with Crippen LogP contribution in [0.1, 0.15) is 16.2 Å². The van der Waals surface area contributed by atoms with Gasteiger partial charge in [-0.25, -0.2) is 9.97 Å². The number of carbonyl (C=O) groups is 1. The molecular weight excluding hydrogens is 284 g/mol. The Morgan fingerprint density at radius 2 is 2.14 bits per heavy atom. The second-order valence-corrected chi connectivity index (χ2v) is 4.76. The quantitative estimate of drug-likeness (QED) is 0.585. The first-order chi connectivity index (χ1) is 10.7. The zero-order valence-corrected chi connectivity index (χ0v) is 11.5. The molecule has 1 aromatic carbocycles. The fourth-order valence-electron chi connectivity index (χ4n) is 2.19. The molecule has 3 aromatic heterocycles. The molecule has 4 aromatic rings. The zero-order valence-electron chi connectivity index (χ0n) is 11.5. The van der Waals surface area contributed by atoms with E-state index in [2.05, 4.69) is 30.7 Å². The molecule has 0 radical (unpaired) electrons. The third-order valence-electron chi connectivity index (χ3n) is 3.19. The molecular formula is C14H10N6O2. The lowest BCUT2D eigenvalue weighted by molar-refractivity contribution is 0.102. The highest BCUT2D eigenvalue weighted by Crippen LogP contribution is 2.20. The van der Waals surface area contributed by atoms with Gasteiger partial charge in [-0.15, -0.1) is 5.10 Å². The van der Waals surface area contributed by atoms with E-state index < -0.39 is 0 Å². The first-order valence-corrected chi connectivity index (χ1v) is 6.54. The van der Waals surface area contributed by atoms with Crippen LogP contribution < -0.4 is 5.32 Å². The third-order valence-corrected chi connectivity index (χ3v) is 3.19. The second kappa shape index (κ2) is 4.62. The summed E-state index contributed by atoms with van der Waals surface area (Å²) in [5, 5.41) is 13.0. The molecule has 2 N–H and O–H groups in total. The van der Waals surface area contributed by atoms with Crippen molar-refractivity contribution in [2.24, 2.45) is 0 Å². The topological polar surface area (TPSA) is 110 Å². The summed E-state index contributed by atoms with van der Waals surface area (Å²) < 4.78 is 5.40. The van der Waals surface area contributed by atoms with Gasteiger partial charge >= 0.3 is 0 Å². The summed E-state index contributed by atoms with van der Waals surface area (Å²) in [6, 6.07) is 6.91. The second-order valence-electron chi connectivity index (χ2n) is 4.76. The van der Waals surface area contributed by atoms with Crippen molar-refractivity contribution in [3.63, 3.8) is 0 Å². The average molecular weight is 294 g/mol. The highest BCUT2D eigenvalue weighted by Gasteiger charge is 2.11. The normalized spacial score (nSPS) is 11.1. The van der Waals surface area contributed by atoms with Crippen LogP contribution in [0.3, 0.4) is 0 Å². The molecule has 108 valence electrons. The van der Waals surface area contributed by atoms with Gasteiger partial charge in [0.25, 0.3) is 5.91 Å². The Labute approximate surface area is 123 Å². The van der Waals surface area contributed by atoms with Crippen molar-refractivity contribution < 1.29 is 9.21 Å². The summed E-state index contributed by atoms with van der Waals surface area (Å²) in [7, 11) is 0. The fourth-order valence-corrected chi connectivity index (χ4v) is 2.19. The lowest BCUT2D eigenvalue weighted by atomic mass is 10.2. The summed E-state index contributed by atoms with van der Waals surface area (Å²) in [4.78, 5) is 20.6. The maximum Gasteiger partial charge on any atom is 0.257 e. The van der Waals surface area contributed by atoms with E-state index >= 15 is 0 Å². The first kappa shape index (κ1) is 12.5. The minimum atomic E-state index is -0.281. The van der Waals surface area contributed by atoms with Crippen molar-refractivity contribution in [2.75, 3.05) is 5.32 Å². The number of oxazole rings is 1. The molecule has 0 aliphatic carbocycles. The van der Waals surface area contributed by atoms with E-state index in [-0.39, 0.29) is 5.91 Å². The Morgan fingerprint density at radius 3 is 3.05 bits per heavy atom. The molecule has 0 spiro atoms. The Bertz CT molecular complexity index is 1000. The summed E-state index contributed by atoms with van der Waals surface area (Å²) in [6.07, 6.45) is 1.46. The molecule has 1 amide bonds. The number of nitrogens with one attached hydrogen (secondary N) is 2. The average Bonchev–Trinajstić information content (AvgIpc) is 3.10. The van der Waals surface area contributed by atoms with Gasteiger partial charge < -0.3 is 9.73 Å². The number of carbonyl (C=O) groups excluding carboxylic acids is 1. The van der Waals surface area contributed by atoms with Crippen LogP contribution in [0.2, 0.25) is 0 Å². The van der Waals surface area contributed by atoms with Crippen LogP contribution in [-0.4, -0.2) is 31.3 Å². The maximum atomic E-state index is 12.3. The molecule has 0 aliphatic rings.